The second-order valence-corrected chi connectivity index (χ2v) is 8.53. The summed E-state index contributed by atoms with van der Waals surface area (Å²) < 4.78 is 15.6. The normalized spacial score (nSPS) is 14.4. The summed E-state index contributed by atoms with van der Waals surface area (Å²) in [6, 6.07) is 15.7. The molecule has 0 radical (unpaired) electrons. The van der Waals surface area contributed by atoms with E-state index in [1.807, 2.05) is 35.0 Å². The average molecular weight is 475 g/mol. The van der Waals surface area contributed by atoms with E-state index in [2.05, 4.69) is 15.6 Å². The van der Waals surface area contributed by atoms with E-state index in [9.17, 15) is 14.0 Å². The Bertz CT molecular complexity index is 1430. The molecule has 2 N–H and O–H groups in total. The zero-order valence-electron chi connectivity index (χ0n) is 18.2. The van der Waals surface area contributed by atoms with Crippen LogP contribution in [-0.2, 0) is 6.54 Å². The maximum Gasteiger partial charge on any atom is 0.256 e. The fraction of sp³-hybridized carbons (Fsp3) is 0.115. The van der Waals surface area contributed by atoms with Crippen molar-refractivity contribution >= 4 is 34.8 Å². The minimum atomic E-state index is -0.681. The fourth-order valence-electron chi connectivity index (χ4n) is 4.11. The quantitative estimate of drug-likeness (QED) is 0.376. The second kappa shape index (κ2) is 8.76. The molecular weight excluding hydrogens is 455 g/mol. The third-order valence-electron chi connectivity index (χ3n) is 5.87. The number of aryl methyl sites for hydroxylation is 1. The molecule has 2 aromatic heterocycles. The van der Waals surface area contributed by atoms with Gasteiger partial charge in [-0.15, -0.1) is 0 Å². The zero-order valence-corrected chi connectivity index (χ0v) is 18.9. The highest BCUT2D eigenvalue weighted by Gasteiger charge is 2.29. The van der Waals surface area contributed by atoms with Gasteiger partial charge in [0.15, 0.2) is 5.78 Å². The summed E-state index contributed by atoms with van der Waals surface area (Å²) in [4.78, 5) is 30.6. The number of amides is 1. The third kappa shape index (κ3) is 4.06. The molecule has 6 nitrogen and oxygen atoms in total. The van der Waals surface area contributed by atoms with Crippen molar-refractivity contribution in [1.29, 1.82) is 0 Å². The van der Waals surface area contributed by atoms with E-state index in [-0.39, 0.29) is 16.4 Å². The molecule has 0 aliphatic carbocycles. The number of ketones is 1. The number of fused-ring (bicyclic) bond motifs is 2. The Balaban J connectivity index is 1.42. The number of hydrogen-bond acceptors (Lipinski definition) is 4. The van der Waals surface area contributed by atoms with Crippen molar-refractivity contribution in [2.45, 2.75) is 19.5 Å². The summed E-state index contributed by atoms with van der Waals surface area (Å²) in [6.45, 7) is 2.33. The first kappa shape index (κ1) is 21.9. The highest BCUT2D eigenvalue weighted by Crippen LogP contribution is 2.32. The van der Waals surface area contributed by atoms with Crippen LogP contribution in [0.15, 0.2) is 73.1 Å². The first-order chi connectivity index (χ1) is 16.4. The van der Waals surface area contributed by atoms with Gasteiger partial charge < -0.3 is 15.2 Å². The van der Waals surface area contributed by atoms with Gasteiger partial charge in [0.1, 0.15) is 17.7 Å². The lowest BCUT2D eigenvalue weighted by Crippen LogP contribution is -2.23. The molecule has 0 bridgehead atoms. The number of halogens is 2. The monoisotopic (exact) mass is 474 g/mol. The highest BCUT2D eigenvalue weighted by atomic mass is 35.5. The SMILES string of the molecule is Cc1ccc(F)cc1C(=O)Nc1ccc(C(=O)C2Nc3ncccc3Cn3cccc32)c(Cl)c1. The number of carbonyl (C=O) groups excluding carboxylic acids is 2. The van der Waals surface area contributed by atoms with E-state index in [0.29, 0.717) is 29.2 Å². The minimum Gasteiger partial charge on any atom is -0.355 e. The van der Waals surface area contributed by atoms with Gasteiger partial charge in [-0.3, -0.25) is 9.59 Å². The molecule has 170 valence electrons. The number of nitrogens with zero attached hydrogens (tertiary/aromatic N) is 2. The molecule has 0 saturated carbocycles. The van der Waals surface area contributed by atoms with Crippen LogP contribution in [0, 0.1) is 12.7 Å². The topological polar surface area (TPSA) is 76.0 Å². The number of hydrogen-bond donors (Lipinski definition) is 2. The number of anilines is 2. The van der Waals surface area contributed by atoms with Gasteiger partial charge in [0, 0.05) is 40.5 Å². The predicted molar refractivity (Wildman–Crippen MR) is 129 cm³/mol. The van der Waals surface area contributed by atoms with Gasteiger partial charge in [0.25, 0.3) is 5.91 Å². The molecule has 1 unspecified atom stereocenters. The van der Waals surface area contributed by atoms with E-state index >= 15 is 0 Å². The first-order valence-electron chi connectivity index (χ1n) is 10.7. The fourth-order valence-corrected chi connectivity index (χ4v) is 4.38. The molecule has 3 heterocycles. The van der Waals surface area contributed by atoms with Crippen molar-refractivity contribution in [3.63, 3.8) is 0 Å². The van der Waals surface area contributed by atoms with Crippen LogP contribution < -0.4 is 10.6 Å². The Labute approximate surface area is 200 Å². The zero-order chi connectivity index (χ0) is 23.8. The molecule has 1 aliphatic heterocycles. The first-order valence-corrected chi connectivity index (χ1v) is 11.1. The molecular formula is C26H20ClFN4O2. The summed E-state index contributed by atoms with van der Waals surface area (Å²) >= 11 is 6.49. The van der Waals surface area contributed by atoms with Crippen LogP contribution in [0.1, 0.15) is 43.6 Å². The summed E-state index contributed by atoms with van der Waals surface area (Å²) in [5.41, 5.74) is 3.37. The van der Waals surface area contributed by atoms with Crippen molar-refractivity contribution in [3.8, 4) is 0 Å². The Kier molecular flexibility index (Phi) is 5.63. The van der Waals surface area contributed by atoms with Gasteiger partial charge in [-0.25, -0.2) is 9.37 Å². The number of Topliss-reactive ketones (excluding diaryl/α,β-unsaturated/α-hetero) is 1. The Morgan fingerprint density at radius 2 is 1.97 bits per heavy atom. The van der Waals surface area contributed by atoms with Crippen molar-refractivity contribution < 1.29 is 14.0 Å². The number of pyridine rings is 1. The van der Waals surface area contributed by atoms with Crippen LogP contribution in [0.25, 0.3) is 0 Å². The van der Waals surface area contributed by atoms with E-state index in [4.69, 9.17) is 11.6 Å². The summed E-state index contributed by atoms with van der Waals surface area (Å²) in [5.74, 6) is -0.526. The number of nitrogens with one attached hydrogen (secondary N) is 2. The van der Waals surface area contributed by atoms with E-state index in [1.165, 1.54) is 18.2 Å². The van der Waals surface area contributed by atoms with E-state index in [0.717, 1.165) is 11.3 Å². The maximum absolute atomic E-state index is 13.6. The lowest BCUT2D eigenvalue weighted by Gasteiger charge is -2.18. The van der Waals surface area contributed by atoms with Gasteiger partial charge in [-0.05, 0) is 61.0 Å². The molecule has 2 aromatic carbocycles. The Morgan fingerprint density at radius 3 is 2.79 bits per heavy atom. The van der Waals surface area contributed by atoms with Gasteiger partial charge in [-0.1, -0.05) is 23.7 Å². The van der Waals surface area contributed by atoms with Crippen molar-refractivity contribution in [2.24, 2.45) is 0 Å². The molecule has 0 fully saturated rings. The molecule has 8 heteroatoms. The number of aromatic nitrogens is 2. The summed E-state index contributed by atoms with van der Waals surface area (Å²) in [6.07, 6.45) is 3.60. The molecule has 0 saturated heterocycles. The number of benzene rings is 2. The van der Waals surface area contributed by atoms with Crippen molar-refractivity contribution in [2.75, 3.05) is 10.6 Å². The molecule has 0 spiro atoms. The van der Waals surface area contributed by atoms with Crippen LogP contribution in [0.2, 0.25) is 5.02 Å². The predicted octanol–water partition coefficient (Wildman–Crippen LogP) is 5.63. The number of carbonyl (C=O) groups is 2. The molecule has 1 amide bonds. The van der Waals surface area contributed by atoms with Crippen LogP contribution in [0.5, 0.6) is 0 Å². The van der Waals surface area contributed by atoms with E-state index in [1.54, 1.807) is 31.3 Å². The van der Waals surface area contributed by atoms with E-state index < -0.39 is 17.8 Å². The summed E-state index contributed by atoms with van der Waals surface area (Å²) in [7, 11) is 0. The second-order valence-electron chi connectivity index (χ2n) is 8.12. The van der Waals surface area contributed by atoms with Crippen LogP contribution in [-0.4, -0.2) is 21.2 Å². The lowest BCUT2D eigenvalue weighted by atomic mass is 10.0. The van der Waals surface area contributed by atoms with Crippen molar-refractivity contribution in [1.82, 2.24) is 9.55 Å². The molecule has 1 aliphatic rings. The molecule has 5 rings (SSSR count). The number of rotatable bonds is 4. The van der Waals surface area contributed by atoms with Crippen LogP contribution in [0.4, 0.5) is 15.9 Å². The van der Waals surface area contributed by atoms with Gasteiger partial charge in [0.2, 0.25) is 0 Å². The van der Waals surface area contributed by atoms with Crippen molar-refractivity contribution in [3.05, 3.63) is 112 Å². The maximum atomic E-state index is 13.6. The van der Waals surface area contributed by atoms with Gasteiger partial charge >= 0.3 is 0 Å². The molecule has 4 aromatic rings. The highest BCUT2D eigenvalue weighted by molar-refractivity contribution is 6.34. The largest absolute Gasteiger partial charge is 0.355 e. The molecule has 34 heavy (non-hydrogen) atoms. The summed E-state index contributed by atoms with van der Waals surface area (Å²) in [5, 5.41) is 6.18. The molecule has 1 atom stereocenters. The standard InChI is InChI=1S/C26H20ClFN4O2/c1-15-6-7-17(28)12-20(15)26(34)30-18-8-9-19(21(27)13-18)24(33)23-22-5-3-11-32(22)14-16-4-2-10-29-25(16)31-23/h2-13,23H,14H2,1H3,(H,29,31)(H,30,34). The van der Waals surface area contributed by atoms with Gasteiger partial charge in [-0.2, -0.15) is 0 Å². The Hall–Kier alpha value is -3.97. The lowest BCUT2D eigenvalue weighted by molar-refractivity contribution is 0.0966. The smallest absolute Gasteiger partial charge is 0.256 e. The minimum absolute atomic E-state index is 0.198. The Morgan fingerprint density at radius 1 is 1.12 bits per heavy atom. The van der Waals surface area contributed by atoms with Crippen LogP contribution in [0.3, 0.4) is 0 Å². The van der Waals surface area contributed by atoms with Crippen LogP contribution >= 0.6 is 11.6 Å². The van der Waals surface area contributed by atoms with Gasteiger partial charge in [0.05, 0.1) is 11.6 Å². The average Bonchev–Trinajstić information content (AvgIpc) is 3.21. The third-order valence-corrected chi connectivity index (χ3v) is 6.18.